The second kappa shape index (κ2) is 8.20. The summed E-state index contributed by atoms with van der Waals surface area (Å²) in [5, 5.41) is 11.8. The number of phenolic OH excluding ortho intramolecular Hbond substituents is 1. The second-order valence-corrected chi connectivity index (χ2v) is 10.7. The molecule has 0 aromatic heterocycles. The van der Waals surface area contributed by atoms with Crippen molar-refractivity contribution < 1.29 is 5.11 Å². The number of benzene rings is 2. The molecule has 0 spiro atoms. The number of aromatic hydroxyl groups is 1. The van der Waals surface area contributed by atoms with Crippen LogP contribution in [0.4, 0.5) is 5.69 Å². The average Bonchev–Trinajstić information content (AvgIpc) is 2.62. The molecule has 1 saturated heterocycles. The predicted octanol–water partition coefficient (Wildman–Crippen LogP) is 5.96. The van der Waals surface area contributed by atoms with Crippen LogP contribution in [0.25, 0.3) is 0 Å². The van der Waals surface area contributed by atoms with Gasteiger partial charge in [-0.15, -0.1) is 0 Å². The van der Waals surface area contributed by atoms with Crippen LogP contribution in [0.3, 0.4) is 0 Å². The molecule has 29 heavy (non-hydrogen) atoms. The number of hydrogen-bond donors (Lipinski definition) is 1. The van der Waals surface area contributed by atoms with Gasteiger partial charge in [-0.25, -0.2) is 0 Å². The van der Waals surface area contributed by atoms with Gasteiger partial charge in [0, 0.05) is 49.0 Å². The molecule has 4 heteroatoms. The Bertz CT molecular complexity index is 856. The first-order valence-corrected chi connectivity index (χ1v) is 10.9. The van der Waals surface area contributed by atoms with Gasteiger partial charge in [-0.2, -0.15) is 0 Å². The minimum atomic E-state index is -0.0919. The molecule has 1 N–H and O–H groups in total. The van der Waals surface area contributed by atoms with Crippen molar-refractivity contribution in [1.82, 2.24) is 4.90 Å². The van der Waals surface area contributed by atoms with Crippen LogP contribution >= 0.6 is 11.6 Å². The molecular weight excluding hydrogens is 380 g/mol. The van der Waals surface area contributed by atoms with Crippen molar-refractivity contribution in [2.45, 2.75) is 58.9 Å². The predicted molar refractivity (Wildman–Crippen MR) is 124 cm³/mol. The third-order valence-corrected chi connectivity index (χ3v) is 6.04. The van der Waals surface area contributed by atoms with Crippen molar-refractivity contribution in [2.24, 2.45) is 0 Å². The van der Waals surface area contributed by atoms with E-state index < -0.39 is 0 Å². The largest absolute Gasteiger partial charge is 0.507 e. The van der Waals surface area contributed by atoms with Crippen LogP contribution in [0.2, 0.25) is 5.02 Å². The number of anilines is 1. The number of piperazine rings is 1. The average molecular weight is 415 g/mol. The zero-order valence-corrected chi connectivity index (χ0v) is 19.5. The summed E-state index contributed by atoms with van der Waals surface area (Å²) in [5.74, 6) is 0.461. The van der Waals surface area contributed by atoms with Crippen LogP contribution in [0, 0.1) is 0 Å². The Hall–Kier alpha value is -1.71. The second-order valence-electron chi connectivity index (χ2n) is 10.3. The maximum Gasteiger partial charge on any atom is 0.123 e. The number of halogens is 1. The normalized spacial score (nSPS) is 16.3. The van der Waals surface area contributed by atoms with Crippen LogP contribution in [-0.4, -0.2) is 36.2 Å². The Morgan fingerprint density at radius 2 is 1.55 bits per heavy atom. The maximum atomic E-state index is 11.1. The number of hydrogen-bond acceptors (Lipinski definition) is 3. The third-order valence-electron chi connectivity index (χ3n) is 5.80. The fourth-order valence-electron chi connectivity index (χ4n) is 3.90. The molecule has 3 rings (SSSR count). The molecule has 2 aromatic rings. The molecule has 0 amide bonds. The van der Waals surface area contributed by atoms with Gasteiger partial charge in [0.05, 0.1) is 0 Å². The summed E-state index contributed by atoms with van der Waals surface area (Å²) < 4.78 is 0. The Morgan fingerprint density at radius 3 is 2.10 bits per heavy atom. The van der Waals surface area contributed by atoms with Gasteiger partial charge in [0.25, 0.3) is 0 Å². The van der Waals surface area contributed by atoms with E-state index in [1.54, 1.807) is 0 Å². The summed E-state index contributed by atoms with van der Waals surface area (Å²) in [6, 6.07) is 12.5. The number of nitrogens with zero attached hydrogens (tertiary/aromatic N) is 2. The van der Waals surface area contributed by atoms with Crippen molar-refractivity contribution >= 4 is 17.3 Å². The van der Waals surface area contributed by atoms with E-state index in [9.17, 15) is 5.11 Å². The fraction of sp³-hybridized carbons (Fsp3) is 0.520. The molecular formula is C25H35ClN2O. The van der Waals surface area contributed by atoms with Gasteiger partial charge in [0.1, 0.15) is 5.75 Å². The monoisotopic (exact) mass is 414 g/mol. The number of rotatable bonds is 3. The van der Waals surface area contributed by atoms with Gasteiger partial charge in [0.2, 0.25) is 0 Å². The van der Waals surface area contributed by atoms with E-state index in [-0.39, 0.29) is 10.8 Å². The standard InChI is InChI=1S/C25H35ClN2O/c1-24(2,3)19-14-18(23(29)22(15-19)25(4,5)6)17-27-10-12-28(13-11-27)21-9-7-8-20(26)16-21/h7-9,14-16,29H,10-13,17H2,1-6H3. The summed E-state index contributed by atoms with van der Waals surface area (Å²) in [6.45, 7) is 17.9. The first-order chi connectivity index (χ1) is 13.4. The molecule has 0 atom stereocenters. The third kappa shape index (κ3) is 5.26. The lowest BCUT2D eigenvalue weighted by atomic mass is 9.79. The minimum Gasteiger partial charge on any atom is -0.507 e. The van der Waals surface area contributed by atoms with Crippen molar-refractivity contribution in [3.05, 3.63) is 58.1 Å². The summed E-state index contributed by atoms with van der Waals surface area (Å²) in [5.41, 5.74) is 4.51. The van der Waals surface area contributed by atoms with E-state index >= 15 is 0 Å². The Balaban J connectivity index is 1.78. The molecule has 3 nitrogen and oxygen atoms in total. The Kier molecular flexibility index (Phi) is 6.21. The van der Waals surface area contributed by atoms with Crippen molar-refractivity contribution in [3.8, 4) is 5.75 Å². The van der Waals surface area contributed by atoms with Crippen LogP contribution in [-0.2, 0) is 17.4 Å². The highest BCUT2D eigenvalue weighted by molar-refractivity contribution is 6.30. The van der Waals surface area contributed by atoms with Gasteiger partial charge < -0.3 is 10.0 Å². The van der Waals surface area contributed by atoms with Gasteiger partial charge in [0.15, 0.2) is 0 Å². The van der Waals surface area contributed by atoms with Gasteiger partial charge >= 0.3 is 0 Å². The molecule has 0 bridgehead atoms. The molecule has 1 heterocycles. The molecule has 1 fully saturated rings. The van der Waals surface area contributed by atoms with Gasteiger partial charge in [-0.3, -0.25) is 4.90 Å². The highest BCUT2D eigenvalue weighted by Gasteiger charge is 2.26. The van der Waals surface area contributed by atoms with E-state index in [1.165, 1.54) is 11.3 Å². The molecule has 2 aromatic carbocycles. The van der Waals surface area contributed by atoms with Crippen LogP contribution in [0.15, 0.2) is 36.4 Å². The smallest absolute Gasteiger partial charge is 0.123 e. The van der Waals surface area contributed by atoms with E-state index in [4.69, 9.17) is 11.6 Å². The van der Waals surface area contributed by atoms with Crippen molar-refractivity contribution in [1.29, 1.82) is 0 Å². The van der Waals surface area contributed by atoms with Gasteiger partial charge in [-0.1, -0.05) is 71.3 Å². The van der Waals surface area contributed by atoms with Crippen LogP contribution in [0.5, 0.6) is 5.75 Å². The summed E-state index contributed by atoms with van der Waals surface area (Å²) >= 11 is 6.16. The topological polar surface area (TPSA) is 26.7 Å². The van der Waals surface area contributed by atoms with E-state index in [0.717, 1.165) is 48.9 Å². The number of phenols is 1. The zero-order valence-electron chi connectivity index (χ0n) is 18.7. The first-order valence-electron chi connectivity index (χ1n) is 10.5. The summed E-state index contributed by atoms with van der Waals surface area (Å²) in [4.78, 5) is 4.82. The minimum absolute atomic E-state index is 0.0493. The lowest BCUT2D eigenvalue weighted by Crippen LogP contribution is -2.46. The van der Waals surface area contributed by atoms with E-state index in [1.807, 2.05) is 18.2 Å². The molecule has 0 aliphatic carbocycles. The molecule has 0 radical (unpaired) electrons. The lowest BCUT2D eigenvalue weighted by Gasteiger charge is -2.37. The van der Waals surface area contributed by atoms with Crippen LogP contribution < -0.4 is 4.90 Å². The van der Waals surface area contributed by atoms with E-state index in [2.05, 4.69) is 69.5 Å². The Labute approximate surface area is 181 Å². The summed E-state index contributed by atoms with van der Waals surface area (Å²) in [6.07, 6.45) is 0. The SMILES string of the molecule is CC(C)(C)c1cc(CN2CCN(c3cccc(Cl)c3)CC2)c(O)c(C(C)(C)C)c1. The Morgan fingerprint density at radius 1 is 0.897 bits per heavy atom. The molecule has 158 valence electrons. The highest BCUT2D eigenvalue weighted by Crippen LogP contribution is 2.38. The lowest BCUT2D eigenvalue weighted by molar-refractivity contribution is 0.246. The van der Waals surface area contributed by atoms with E-state index in [0.29, 0.717) is 5.75 Å². The molecule has 1 aliphatic heterocycles. The van der Waals surface area contributed by atoms with Gasteiger partial charge in [-0.05, 0) is 40.2 Å². The fourth-order valence-corrected chi connectivity index (χ4v) is 4.08. The molecule has 0 saturated carbocycles. The first kappa shape index (κ1) is 22.0. The summed E-state index contributed by atoms with van der Waals surface area (Å²) in [7, 11) is 0. The maximum absolute atomic E-state index is 11.1. The quantitative estimate of drug-likeness (QED) is 0.670. The molecule has 1 aliphatic rings. The zero-order chi connectivity index (χ0) is 21.4. The highest BCUT2D eigenvalue weighted by atomic mass is 35.5. The molecule has 0 unspecified atom stereocenters. The van der Waals surface area contributed by atoms with Crippen LogP contribution in [0.1, 0.15) is 58.2 Å². The van der Waals surface area contributed by atoms with Crippen molar-refractivity contribution in [2.75, 3.05) is 31.1 Å². The van der Waals surface area contributed by atoms with Crippen molar-refractivity contribution in [3.63, 3.8) is 0 Å².